The van der Waals surface area contributed by atoms with Crippen molar-refractivity contribution in [1.29, 1.82) is 0 Å². The number of hydrogen-bond acceptors (Lipinski definition) is 5. The van der Waals surface area contributed by atoms with E-state index in [1.807, 2.05) is 0 Å². The first-order valence-electron chi connectivity index (χ1n) is 6.91. The fraction of sp³-hybridized carbons (Fsp3) is 0.667. The summed E-state index contributed by atoms with van der Waals surface area (Å²) in [6.07, 6.45) is 2.46. The highest BCUT2D eigenvalue weighted by Gasteiger charge is 2.62. The van der Waals surface area contributed by atoms with E-state index in [4.69, 9.17) is 4.74 Å². The third-order valence-electron chi connectivity index (χ3n) is 5.30. The van der Waals surface area contributed by atoms with E-state index in [1.54, 1.807) is 13.8 Å². The molecule has 1 saturated carbocycles. The van der Waals surface area contributed by atoms with Crippen LogP contribution in [0.5, 0.6) is 0 Å². The largest absolute Gasteiger partial charge is 0.423 e. The van der Waals surface area contributed by atoms with Crippen LogP contribution in [-0.2, 0) is 9.53 Å². The van der Waals surface area contributed by atoms with Crippen molar-refractivity contribution in [3.8, 4) is 0 Å². The summed E-state index contributed by atoms with van der Waals surface area (Å²) in [5.41, 5.74) is -2.90. The highest BCUT2D eigenvalue weighted by molar-refractivity contribution is 5.94. The Morgan fingerprint density at radius 3 is 2.55 bits per heavy atom. The Labute approximate surface area is 117 Å². The van der Waals surface area contributed by atoms with Gasteiger partial charge in [-0.05, 0) is 46.1 Å². The van der Waals surface area contributed by atoms with Crippen LogP contribution in [0.3, 0.4) is 0 Å². The third kappa shape index (κ3) is 1.57. The number of carbonyl (C=O) groups excluding carboxylic acids is 1. The number of fused-ring (bicyclic) bond motifs is 2. The topological polar surface area (TPSA) is 87.0 Å². The number of carbonyl (C=O) groups is 1. The lowest BCUT2D eigenvalue weighted by Crippen LogP contribution is -2.56. The zero-order valence-electron chi connectivity index (χ0n) is 11.9. The van der Waals surface area contributed by atoms with E-state index in [2.05, 4.69) is 0 Å². The summed E-state index contributed by atoms with van der Waals surface area (Å²) >= 11 is 0. The van der Waals surface area contributed by atoms with Gasteiger partial charge in [0.2, 0.25) is 0 Å². The smallest absolute Gasteiger partial charge is 0.339 e. The Morgan fingerprint density at radius 2 is 1.90 bits per heavy atom. The lowest BCUT2D eigenvalue weighted by Gasteiger charge is -2.42. The van der Waals surface area contributed by atoms with Gasteiger partial charge in [0, 0.05) is 17.1 Å². The van der Waals surface area contributed by atoms with Gasteiger partial charge in [-0.15, -0.1) is 0 Å². The number of ether oxygens (including phenoxy) is 1. The first-order valence-corrected chi connectivity index (χ1v) is 6.91. The lowest BCUT2D eigenvalue weighted by atomic mass is 9.72. The molecule has 110 valence electrons. The summed E-state index contributed by atoms with van der Waals surface area (Å²) in [5.74, 6) is -0.653. The Kier molecular flexibility index (Phi) is 2.57. The molecule has 1 fully saturated rings. The predicted molar refractivity (Wildman–Crippen MR) is 70.4 cm³/mol. The van der Waals surface area contributed by atoms with Crippen LogP contribution in [0, 0.1) is 5.92 Å². The molecular formula is C15H20O5. The average molecular weight is 280 g/mol. The Balaban J connectivity index is 2.18. The highest BCUT2D eigenvalue weighted by atomic mass is 16.5. The van der Waals surface area contributed by atoms with Crippen molar-refractivity contribution in [2.45, 2.75) is 56.8 Å². The molecule has 3 N–H and O–H groups in total. The van der Waals surface area contributed by atoms with Crippen molar-refractivity contribution in [2.75, 3.05) is 0 Å². The SMILES string of the molecule is CC1=C2C[C@@H]3[C@](O)(CC[C@@]3(C)O)[C@@](C)(O)C=C2OC1=O. The van der Waals surface area contributed by atoms with Gasteiger partial charge in [0.1, 0.15) is 17.0 Å². The number of allylic oxidation sites excluding steroid dienone is 1. The van der Waals surface area contributed by atoms with Gasteiger partial charge in [-0.2, -0.15) is 0 Å². The van der Waals surface area contributed by atoms with Crippen LogP contribution in [0.2, 0.25) is 0 Å². The summed E-state index contributed by atoms with van der Waals surface area (Å²) in [7, 11) is 0. The minimum Gasteiger partial charge on any atom is -0.423 e. The van der Waals surface area contributed by atoms with E-state index >= 15 is 0 Å². The quantitative estimate of drug-likeness (QED) is 0.571. The standard InChI is InChI=1S/C15H20O5/c1-8-9-6-11-13(2,17)4-5-15(11,19)14(3,18)7-10(9)20-12(8)16/h7,11,17-19H,4-6H2,1-3H3/t11-,13+,14-,15+/m0/s1. The maximum Gasteiger partial charge on any atom is 0.339 e. The minimum absolute atomic E-state index is 0.307. The van der Waals surface area contributed by atoms with Crippen LogP contribution < -0.4 is 0 Å². The zero-order chi connectivity index (χ0) is 14.9. The molecule has 0 aromatic heterocycles. The fourth-order valence-electron chi connectivity index (χ4n) is 3.80. The van der Waals surface area contributed by atoms with Crippen LogP contribution >= 0.6 is 0 Å². The van der Waals surface area contributed by atoms with E-state index < -0.39 is 28.7 Å². The molecule has 0 spiro atoms. The van der Waals surface area contributed by atoms with Gasteiger partial charge in [0.25, 0.3) is 0 Å². The first kappa shape index (κ1) is 13.8. The van der Waals surface area contributed by atoms with E-state index in [-0.39, 0.29) is 0 Å². The molecule has 0 amide bonds. The molecule has 1 heterocycles. The van der Waals surface area contributed by atoms with Crippen LogP contribution in [-0.4, -0.2) is 38.1 Å². The molecule has 20 heavy (non-hydrogen) atoms. The van der Waals surface area contributed by atoms with Crippen LogP contribution in [0.4, 0.5) is 0 Å². The van der Waals surface area contributed by atoms with Crippen molar-refractivity contribution in [3.05, 3.63) is 23.0 Å². The second kappa shape index (κ2) is 3.72. The van der Waals surface area contributed by atoms with Gasteiger partial charge in [-0.25, -0.2) is 4.79 Å². The minimum atomic E-state index is -1.56. The van der Waals surface area contributed by atoms with Gasteiger partial charge >= 0.3 is 5.97 Å². The van der Waals surface area contributed by atoms with Crippen LogP contribution in [0.15, 0.2) is 23.0 Å². The van der Waals surface area contributed by atoms with Crippen LogP contribution in [0.1, 0.15) is 40.0 Å². The molecule has 0 unspecified atom stereocenters. The Morgan fingerprint density at radius 1 is 1.25 bits per heavy atom. The molecule has 5 heteroatoms. The lowest BCUT2D eigenvalue weighted by molar-refractivity contribution is -0.157. The summed E-state index contributed by atoms with van der Waals surface area (Å²) in [6, 6.07) is 0. The number of esters is 1. The van der Waals surface area contributed by atoms with E-state index in [1.165, 1.54) is 13.0 Å². The predicted octanol–water partition coefficient (Wildman–Crippen LogP) is 0.790. The molecule has 1 aliphatic heterocycles. The number of hydrogen-bond donors (Lipinski definition) is 3. The van der Waals surface area contributed by atoms with Gasteiger partial charge in [0.05, 0.1) is 5.60 Å². The van der Waals surface area contributed by atoms with E-state index in [0.717, 1.165) is 0 Å². The second-order valence-electron chi connectivity index (χ2n) is 6.69. The third-order valence-corrected chi connectivity index (χ3v) is 5.30. The molecular weight excluding hydrogens is 260 g/mol. The molecule has 3 rings (SSSR count). The van der Waals surface area contributed by atoms with E-state index in [0.29, 0.717) is 36.2 Å². The van der Waals surface area contributed by atoms with Crippen molar-refractivity contribution in [3.63, 3.8) is 0 Å². The number of rotatable bonds is 0. The summed E-state index contributed by atoms with van der Waals surface area (Å²) in [5, 5.41) is 32.2. The van der Waals surface area contributed by atoms with Crippen molar-refractivity contribution >= 4 is 5.97 Å². The molecule has 3 aliphatic rings. The molecule has 5 nitrogen and oxygen atoms in total. The summed E-state index contributed by atoms with van der Waals surface area (Å²) in [4.78, 5) is 11.7. The van der Waals surface area contributed by atoms with Crippen molar-refractivity contribution < 1.29 is 24.9 Å². The Hall–Kier alpha value is -1.17. The molecule has 0 saturated heterocycles. The Bertz CT molecular complexity index is 555. The fourth-order valence-corrected chi connectivity index (χ4v) is 3.80. The van der Waals surface area contributed by atoms with Gasteiger partial charge in [-0.1, -0.05) is 0 Å². The molecule has 4 atom stereocenters. The highest BCUT2D eigenvalue weighted by Crippen LogP contribution is 2.55. The molecule has 2 aliphatic carbocycles. The second-order valence-corrected chi connectivity index (χ2v) is 6.69. The molecule has 0 bridgehead atoms. The molecule has 0 aromatic carbocycles. The monoisotopic (exact) mass is 280 g/mol. The number of aliphatic hydroxyl groups is 3. The first-order chi connectivity index (χ1) is 9.08. The van der Waals surface area contributed by atoms with Gasteiger partial charge in [0.15, 0.2) is 0 Å². The van der Waals surface area contributed by atoms with Gasteiger partial charge in [-0.3, -0.25) is 0 Å². The summed E-state index contributed by atoms with van der Waals surface area (Å²) in [6.45, 7) is 4.84. The molecule has 0 radical (unpaired) electrons. The van der Waals surface area contributed by atoms with Gasteiger partial charge < -0.3 is 20.1 Å². The zero-order valence-corrected chi connectivity index (χ0v) is 11.9. The average Bonchev–Trinajstić information content (AvgIpc) is 2.67. The summed E-state index contributed by atoms with van der Waals surface area (Å²) < 4.78 is 5.17. The van der Waals surface area contributed by atoms with E-state index in [9.17, 15) is 20.1 Å². The maximum absolute atomic E-state index is 11.7. The van der Waals surface area contributed by atoms with Crippen molar-refractivity contribution in [1.82, 2.24) is 0 Å². The van der Waals surface area contributed by atoms with Crippen LogP contribution in [0.25, 0.3) is 0 Å². The normalized spacial score (nSPS) is 47.6. The molecule has 0 aromatic rings. The van der Waals surface area contributed by atoms with Crippen molar-refractivity contribution in [2.24, 2.45) is 5.92 Å². The maximum atomic E-state index is 11.7.